The minimum atomic E-state index is -0.884. The maximum absolute atomic E-state index is 11.0. The molecule has 0 unspecified atom stereocenters. The first kappa shape index (κ1) is 17.2. The van der Waals surface area contributed by atoms with E-state index in [4.69, 9.17) is 26.2 Å². The van der Waals surface area contributed by atoms with Gasteiger partial charge in [-0.3, -0.25) is 4.79 Å². The molecule has 2 aromatic carbocycles. The molecule has 0 atom stereocenters. The van der Waals surface area contributed by atoms with Crippen molar-refractivity contribution in [3.8, 4) is 11.5 Å². The van der Waals surface area contributed by atoms with Gasteiger partial charge in [0.05, 0.1) is 21.0 Å². The summed E-state index contributed by atoms with van der Waals surface area (Å²) in [4.78, 5) is 16.4. The van der Waals surface area contributed by atoms with Crippen LogP contribution in [0.4, 0.5) is 0 Å². The fourth-order valence-corrected chi connectivity index (χ4v) is 4.62. The number of hydrogen-bond acceptors (Lipinski definition) is 6. The summed E-state index contributed by atoms with van der Waals surface area (Å²) in [7, 11) is 0. The second kappa shape index (κ2) is 7.19. The lowest BCUT2D eigenvalue weighted by molar-refractivity contribution is -0.133. The summed E-state index contributed by atoms with van der Waals surface area (Å²) in [5.41, 5.74) is 1.68. The Morgan fingerprint density at radius 3 is 3.00 bits per heavy atom. The van der Waals surface area contributed by atoms with E-state index >= 15 is 0 Å². The Bertz CT molecular complexity index is 998. The summed E-state index contributed by atoms with van der Waals surface area (Å²) >= 11 is 9.00. The van der Waals surface area contributed by atoms with Gasteiger partial charge in [0, 0.05) is 4.91 Å². The van der Waals surface area contributed by atoms with E-state index in [-0.39, 0.29) is 12.5 Å². The maximum atomic E-state index is 11.0. The van der Waals surface area contributed by atoms with Crippen molar-refractivity contribution in [2.75, 3.05) is 12.5 Å². The molecule has 0 spiro atoms. The summed E-state index contributed by atoms with van der Waals surface area (Å²) in [6.45, 7) is 0.140. The fourth-order valence-electron chi connectivity index (χ4n) is 2.50. The van der Waals surface area contributed by atoms with Crippen LogP contribution in [-0.4, -0.2) is 28.6 Å². The first-order valence-corrected chi connectivity index (χ1v) is 9.79. The molecule has 8 heteroatoms. The van der Waals surface area contributed by atoms with Crippen LogP contribution in [0, 0.1) is 0 Å². The summed E-state index contributed by atoms with van der Waals surface area (Å²) in [5.74, 6) is 0.171. The number of halogens is 1. The molecule has 2 heterocycles. The van der Waals surface area contributed by atoms with Crippen LogP contribution in [0.15, 0.2) is 36.4 Å². The van der Waals surface area contributed by atoms with Crippen LogP contribution in [0.1, 0.15) is 10.6 Å². The zero-order valence-electron chi connectivity index (χ0n) is 13.3. The van der Waals surface area contributed by atoms with Gasteiger partial charge in [0.2, 0.25) is 6.79 Å². The molecule has 4 rings (SSSR count). The van der Waals surface area contributed by atoms with Crippen LogP contribution >= 0.6 is 34.7 Å². The molecule has 0 radical (unpaired) electrons. The quantitative estimate of drug-likeness (QED) is 0.644. The van der Waals surface area contributed by atoms with Crippen molar-refractivity contribution in [3.05, 3.63) is 52.0 Å². The largest absolute Gasteiger partial charge is 0.481 e. The number of carbonyl (C=O) groups is 1. The van der Waals surface area contributed by atoms with E-state index in [1.165, 1.54) is 23.1 Å². The van der Waals surface area contributed by atoms with Crippen LogP contribution in [0.3, 0.4) is 0 Å². The van der Waals surface area contributed by atoms with E-state index in [2.05, 4.69) is 4.98 Å². The summed E-state index contributed by atoms with van der Waals surface area (Å²) in [5, 5.41) is 10.3. The molecular formula is C18H12ClNO4S2. The Morgan fingerprint density at radius 2 is 2.19 bits per heavy atom. The standard InChI is InChI=1S/C18H12ClNO4S2/c19-11-5-10(6-13-17(11)24-9-23-13)7-15(25-8-16(21)22)18-20-12-3-1-2-4-14(12)26-18/h1-7H,8-9H2,(H,21,22)/b15-7-. The van der Waals surface area contributed by atoms with Gasteiger partial charge in [-0.2, -0.15) is 0 Å². The number of aromatic nitrogens is 1. The molecule has 5 nitrogen and oxygen atoms in total. The SMILES string of the molecule is O=C(O)CS/C(=C\c1cc(Cl)c2c(c1)OCO2)c1nc2ccccc2s1. The van der Waals surface area contributed by atoms with Gasteiger partial charge in [0.25, 0.3) is 0 Å². The molecule has 1 N–H and O–H groups in total. The van der Waals surface area contributed by atoms with Crippen LogP contribution < -0.4 is 9.47 Å². The third-order valence-corrected chi connectivity index (χ3v) is 6.10. The van der Waals surface area contributed by atoms with Gasteiger partial charge < -0.3 is 14.6 Å². The molecule has 132 valence electrons. The van der Waals surface area contributed by atoms with Gasteiger partial charge in [-0.1, -0.05) is 23.7 Å². The van der Waals surface area contributed by atoms with Gasteiger partial charge in [0.1, 0.15) is 5.01 Å². The highest BCUT2D eigenvalue weighted by atomic mass is 35.5. The highest BCUT2D eigenvalue weighted by molar-refractivity contribution is 8.09. The Labute approximate surface area is 162 Å². The predicted molar refractivity (Wildman–Crippen MR) is 105 cm³/mol. The maximum Gasteiger partial charge on any atom is 0.313 e. The molecule has 3 aromatic rings. The number of para-hydroxylation sites is 1. The smallest absolute Gasteiger partial charge is 0.313 e. The predicted octanol–water partition coefficient (Wildman–Crippen LogP) is 4.99. The third kappa shape index (κ3) is 3.51. The zero-order valence-corrected chi connectivity index (χ0v) is 15.7. The molecular weight excluding hydrogens is 394 g/mol. The summed E-state index contributed by atoms with van der Waals surface area (Å²) in [6.07, 6.45) is 1.87. The number of nitrogens with zero attached hydrogens (tertiary/aromatic N) is 1. The van der Waals surface area contributed by atoms with Crippen molar-refractivity contribution in [3.63, 3.8) is 0 Å². The number of thioether (sulfide) groups is 1. The van der Waals surface area contributed by atoms with Crippen molar-refractivity contribution < 1.29 is 19.4 Å². The molecule has 26 heavy (non-hydrogen) atoms. The lowest BCUT2D eigenvalue weighted by Crippen LogP contribution is -1.98. The number of ether oxygens (including phenoxy) is 2. The van der Waals surface area contributed by atoms with Crippen LogP contribution in [0.5, 0.6) is 11.5 Å². The normalized spacial score (nSPS) is 13.3. The molecule has 0 saturated carbocycles. The van der Waals surface area contributed by atoms with Crippen molar-refractivity contribution in [2.45, 2.75) is 0 Å². The minimum absolute atomic E-state index is 0.0555. The van der Waals surface area contributed by atoms with Gasteiger partial charge in [-0.05, 0) is 35.9 Å². The fraction of sp³-hybridized carbons (Fsp3) is 0.111. The van der Waals surface area contributed by atoms with Crippen molar-refractivity contribution in [2.24, 2.45) is 0 Å². The van der Waals surface area contributed by atoms with Gasteiger partial charge in [0.15, 0.2) is 11.5 Å². The van der Waals surface area contributed by atoms with Crippen molar-refractivity contribution in [1.29, 1.82) is 0 Å². The number of aliphatic carboxylic acids is 1. The van der Waals surface area contributed by atoms with Crippen LogP contribution in [0.2, 0.25) is 5.02 Å². The topological polar surface area (TPSA) is 68.7 Å². The highest BCUT2D eigenvalue weighted by Crippen LogP contribution is 2.42. The average Bonchev–Trinajstić information content (AvgIpc) is 3.25. The van der Waals surface area contributed by atoms with Gasteiger partial charge >= 0.3 is 5.97 Å². The first-order valence-electron chi connectivity index (χ1n) is 7.61. The number of hydrogen-bond donors (Lipinski definition) is 1. The first-order chi connectivity index (χ1) is 12.6. The zero-order chi connectivity index (χ0) is 18.1. The van der Waals surface area contributed by atoms with Crippen molar-refractivity contribution >= 4 is 61.9 Å². The third-order valence-electron chi connectivity index (χ3n) is 3.60. The number of thiazole rings is 1. The summed E-state index contributed by atoms with van der Waals surface area (Å²) in [6, 6.07) is 11.4. The highest BCUT2D eigenvalue weighted by Gasteiger charge is 2.19. The number of benzene rings is 2. The molecule has 1 aliphatic heterocycles. The monoisotopic (exact) mass is 405 g/mol. The Balaban J connectivity index is 1.76. The molecule has 0 aliphatic carbocycles. The molecule has 0 amide bonds. The Morgan fingerprint density at radius 1 is 1.35 bits per heavy atom. The summed E-state index contributed by atoms with van der Waals surface area (Å²) < 4.78 is 11.8. The Kier molecular flexibility index (Phi) is 4.76. The molecule has 0 fully saturated rings. The number of rotatable bonds is 5. The average molecular weight is 406 g/mol. The van der Waals surface area contributed by atoms with Crippen LogP contribution in [0.25, 0.3) is 21.2 Å². The number of carboxylic acids is 1. The van der Waals surface area contributed by atoms with Crippen LogP contribution in [-0.2, 0) is 4.79 Å². The lowest BCUT2D eigenvalue weighted by Gasteiger charge is -2.05. The lowest BCUT2D eigenvalue weighted by atomic mass is 10.2. The Hall–Kier alpha value is -2.22. The van der Waals surface area contributed by atoms with E-state index in [9.17, 15) is 4.79 Å². The van der Waals surface area contributed by atoms with Gasteiger partial charge in [-0.25, -0.2) is 4.98 Å². The molecule has 1 aromatic heterocycles. The van der Waals surface area contributed by atoms with E-state index in [1.54, 1.807) is 6.07 Å². The van der Waals surface area contributed by atoms with Crippen molar-refractivity contribution in [1.82, 2.24) is 4.98 Å². The van der Waals surface area contributed by atoms with E-state index in [0.717, 1.165) is 25.7 Å². The number of fused-ring (bicyclic) bond motifs is 2. The molecule has 0 bridgehead atoms. The van der Waals surface area contributed by atoms with Gasteiger partial charge in [-0.15, -0.1) is 23.1 Å². The molecule has 1 aliphatic rings. The second-order valence-electron chi connectivity index (χ2n) is 5.41. The molecule has 0 saturated heterocycles. The number of carboxylic acid groups (broad SMARTS) is 1. The van der Waals surface area contributed by atoms with E-state index in [0.29, 0.717) is 16.5 Å². The second-order valence-corrected chi connectivity index (χ2v) is 7.87. The van der Waals surface area contributed by atoms with E-state index < -0.39 is 5.97 Å². The van der Waals surface area contributed by atoms with E-state index in [1.807, 2.05) is 36.4 Å². The minimum Gasteiger partial charge on any atom is -0.481 e.